The summed E-state index contributed by atoms with van der Waals surface area (Å²) in [4.78, 5) is 12.1. The second kappa shape index (κ2) is 8.53. The number of nitrogens with one attached hydrogen (secondary N) is 1. The third kappa shape index (κ3) is 4.65. The first-order valence-electron chi connectivity index (χ1n) is 8.27. The number of hydrogen-bond donors (Lipinski definition) is 1. The van der Waals surface area contributed by atoms with Crippen LogP contribution in [0.5, 0.6) is 5.75 Å². The van der Waals surface area contributed by atoms with E-state index in [1.54, 1.807) is 13.0 Å². The molecule has 1 atom stereocenters. The molecule has 0 aliphatic heterocycles. The zero-order valence-electron chi connectivity index (χ0n) is 15.1. The molecule has 0 saturated carbocycles. The molecular weight excluding hydrogens is 372 g/mol. The highest BCUT2D eigenvalue weighted by Gasteiger charge is 2.14. The van der Waals surface area contributed by atoms with Crippen molar-refractivity contribution in [1.29, 1.82) is 0 Å². The van der Waals surface area contributed by atoms with E-state index in [2.05, 4.69) is 20.8 Å². The fourth-order valence-electron chi connectivity index (χ4n) is 2.56. The Bertz CT molecular complexity index is 966. The summed E-state index contributed by atoms with van der Waals surface area (Å²) in [7, 11) is 1.52. The van der Waals surface area contributed by atoms with E-state index in [0.29, 0.717) is 17.9 Å². The predicted molar refractivity (Wildman–Crippen MR) is 95.0 cm³/mol. The van der Waals surface area contributed by atoms with Crippen LogP contribution >= 0.6 is 0 Å². The van der Waals surface area contributed by atoms with Crippen molar-refractivity contribution in [2.45, 2.75) is 13.0 Å². The lowest BCUT2D eigenvalue weighted by Crippen LogP contribution is -2.37. The maximum atomic E-state index is 14.2. The van der Waals surface area contributed by atoms with Crippen LogP contribution < -0.4 is 10.1 Å². The predicted octanol–water partition coefficient (Wildman–Crippen LogP) is 2.73. The monoisotopic (exact) mass is 389 g/mol. The zero-order valence-corrected chi connectivity index (χ0v) is 15.1. The minimum absolute atomic E-state index is 0.133. The van der Waals surface area contributed by atoms with Gasteiger partial charge in [-0.05, 0) is 47.2 Å². The molecule has 0 bridgehead atoms. The molecule has 146 valence electrons. The fourth-order valence-corrected chi connectivity index (χ4v) is 2.56. The van der Waals surface area contributed by atoms with Gasteiger partial charge in [-0.3, -0.25) is 0 Å². The Kier molecular flexibility index (Phi) is 5.90. The van der Waals surface area contributed by atoms with Crippen LogP contribution in [-0.4, -0.2) is 46.1 Å². The summed E-state index contributed by atoms with van der Waals surface area (Å²) in [6.45, 7) is 2.06. The van der Waals surface area contributed by atoms with Crippen LogP contribution in [0.1, 0.15) is 6.92 Å². The molecule has 0 aliphatic rings. The summed E-state index contributed by atoms with van der Waals surface area (Å²) in [5.74, 6) is -1.31. The smallest absolute Gasteiger partial charge is 0.410 e. The molecule has 0 fully saturated rings. The van der Waals surface area contributed by atoms with Crippen LogP contribution in [-0.2, 0) is 4.74 Å². The topological polar surface area (TPSA) is 91.2 Å². The molecule has 28 heavy (non-hydrogen) atoms. The Morgan fingerprint density at radius 2 is 2.07 bits per heavy atom. The van der Waals surface area contributed by atoms with Crippen molar-refractivity contribution < 1.29 is 23.0 Å². The number of hydrogen-bond acceptors (Lipinski definition) is 6. The number of carbonyl (C=O) groups excluding carboxylic acids is 1. The molecule has 8 nitrogen and oxygen atoms in total. The maximum absolute atomic E-state index is 14.2. The lowest BCUT2D eigenvalue weighted by atomic mass is 10.0. The number of ether oxygens (including phenoxy) is 2. The Labute approximate surface area is 159 Å². The third-order valence-corrected chi connectivity index (χ3v) is 3.74. The van der Waals surface area contributed by atoms with Gasteiger partial charge in [0.15, 0.2) is 0 Å². The molecule has 10 heteroatoms. The summed E-state index contributed by atoms with van der Waals surface area (Å²) in [6, 6.07) is 7.51. The summed E-state index contributed by atoms with van der Waals surface area (Å²) >= 11 is 0. The molecule has 3 rings (SSSR count). The van der Waals surface area contributed by atoms with E-state index in [0.717, 1.165) is 12.1 Å². The standard InChI is InChI=1S/C18H17F2N5O3/c1-11(9-27-2)22-18(26)28-15-6-12(16-4-3-13(19)7-17(16)20)5-14(8-15)25-10-21-23-24-25/h3-8,10-11H,9H2,1-2H3,(H,22,26). The van der Waals surface area contributed by atoms with Gasteiger partial charge in [-0.1, -0.05) is 0 Å². The van der Waals surface area contributed by atoms with Gasteiger partial charge in [-0.15, -0.1) is 5.10 Å². The summed E-state index contributed by atoms with van der Waals surface area (Å²) in [5, 5.41) is 13.5. The number of carbonyl (C=O) groups is 1. The van der Waals surface area contributed by atoms with Gasteiger partial charge in [0.2, 0.25) is 0 Å². The number of rotatable bonds is 6. The molecule has 0 saturated heterocycles. The van der Waals surface area contributed by atoms with Crippen LogP contribution in [0.15, 0.2) is 42.7 Å². The van der Waals surface area contributed by atoms with Gasteiger partial charge in [0.1, 0.15) is 23.7 Å². The highest BCUT2D eigenvalue weighted by Crippen LogP contribution is 2.30. The number of methoxy groups -OCH3 is 1. The summed E-state index contributed by atoms with van der Waals surface area (Å²) < 4.78 is 39.1. The van der Waals surface area contributed by atoms with Crippen LogP contribution in [0.4, 0.5) is 13.6 Å². The van der Waals surface area contributed by atoms with Gasteiger partial charge in [0.25, 0.3) is 0 Å². The van der Waals surface area contributed by atoms with Gasteiger partial charge < -0.3 is 14.8 Å². The average molecular weight is 389 g/mol. The number of tetrazole rings is 1. The second-order valence-electron chi connectivity index (χ2n) is 5.98. The summed E-state index contributed by atoms with van der Waals surface area (Å²) in [6.07, 6.45) is 0.633. The van der Waals surface area contributed by atoms with Gasteiger partial charge >= 0.3 is 6.09 Å². The number of amides is 1. The van der Waals surface area contributed by atoms with Crippen LogP contribution in [0.3, 0.4) is 0 Å². The van der Waals surface area contributed by atoms with Crippen molar-refractivity contribution in [2.24, 2.45) is 0 Å². The Morgan fingerprint density at radius 1 is 1.25 bits per heavy atom. The molecule has 0 radical (unpaired) electrons. The van der Waals surface area contributed by atoms with Crippen molar-refractivity contribution in [3.8, 4) is 22.6 Å². The molecule has 1 amide bonds. The quantitative estimate of drug-likeness (QED) is 0.697. The SMILES string of the molecule is COCC(C)NC(=O)Oc1cc(-c2ccc(F)cc2F)cc(-n2cnnn2)c1. The fraction of sp³-hybridized carbons (Fsp3) is 0.222. The maximum Gasteiger partial charge on any atom is 0.412 e. The van der Waals surface area contributed by atoms with Crippen molar-refractivity contribution in [3.05, 3.63) is 54.4 Å². The first-order chi connectivity index (χ1) is 13.5. The molecule has 2 aromatic carbocycles. The highest BCUT2D eigenvalue weighted by atomic mass is 19.1. The van der Waals surface area contributed by atoms with E-state index in [4.69, 9.17) is 9.47 Å². The summed E-state index contributed by atoms with van der Waals surface area (Å²) in [5.41, 5.74) is 0.923. The van der Waals surface area contributed by atoms with E-state index in [9.17, 15) is 13.6 Å². The minimum Gasteiger partial charge on any atom is -0.410 e. The lowest BCUT2D eigenvalue weighted by molar-refractivity contribution is 0.159. The molecule has 1 unspecified atom stereocenters. The second-order valence-corrected chi connectivity index (χ2v) is 5.98. The average Bonchev–Trinajstić information content (AvgIpc) is 3.16. The third-order valence-electron chi connectivity index (χ3n) is 3.74. The van der Waals surface area contributed by atoms with Gasteiger partial charge in [0.05, 0.1) is 18.3 Å². The van der Waals surface area contributed by atoms with E-state index in [-0.39, 0.29) is 17.4 Å². The van der Waals surface area contributed by atoms with Gasteiger partial charge in [-0.25, -0.2) is 18.3 Å². The molecule has 0 aliphatic carbocycles. The number of benzene rings is 2. The molecule has 1 aromatic heterocycles. The van der Waals surface area contributed by atoms with E-state index in [1.807, 2.05) is 0 Å². The molecule has 1 heterocycles. The van der Waals surface area contributed by atoms with Crippen molar-refractivity contribution in [1.82, 2.24) is 25.5 Å². The van der Waals surface area contributed by atoms with Gasteiger partial charge in [0, 0.05) is 24.8 Å². The number of aromatic nitrogens is 4. The first-order valence-corrected chi connectivity index (χ1v) is 8.27. The van der Waals surface area contributed by atoms with Crippen molar-refractivity contribution >= 4 is 6.09 Å². The molecular formula is C18H17F2N5O3. The molecule has 0 spiro atoms. The zero-order chi connectivity index (χ0) is 20.1. The van der Waals surface area contributed by atoms with Crippen LogP contribution in [0, 0.1) is 11.6 Å². The van der Waals surface area contributed by atoms with Crippen LogP contribution in [0.2, 0.25) is 0 Å². The van der Waals surface area contributed by atoms with Crippen molar-refractivity contribution in [2.75, 3.05) is 13.7 Å². The van der Waals surface area contributed by atoms with Crippen LogP contribution in [0.25, 0.3) is 16.8 Å². The molecule has 1 N–H and O–H groups in total. The largest absolute Gasteiger partial charge is 0.412 e. The van der Waals surface area contributed by atoms with E-state index in [1.165, 1.54) is 36.3 Å². The van der Waals surface area contributed by atoms with Gasteiger partial charge in [-0.2, -0.15) is 0 Å². The Hall–Kier alpha value is -3.40. The normalized spacial score (nSPS) is 11.9. The molecule has 3 aromatic rings. The lowest BCUT2D eigenvalue weighted by Gasteiger charge is -2.14. The number of halogens is 2. The minimum atomic E-state index is -0.752. The Balaban J connectivity index is 1.95. The van der Waals surface area contributed by atoms with E-state index >= 15 is 0 Å². The van der Waals surface area contributed by atoms with Crippen molar-refractivity contribution in [3.63, 3.8) is 0 Å². The Morgan fingerprint density at radius 3 is 2.75 bits per heavy atom. The van der Waals surface area contributed by atoms with E-state index < -0.39 is 17.7 Å². The first kappa shape index (κ1) is 19.4. The highest BCUT2D eigenvalue weighted by molar-refractivity contribution is 5.74. The number of nitrogens with zero attached hydrogens (tertiary/aromatic N) is 4.